The van der Waals surface area contributed by atoms with Crippen LogP contribution in [0.1, 0.15) is 49.7 Å². The van der Waals surface area contributed by atoms with Crippen LogP contribution in [0.5, 0.6) is 0 Å². The number of amides is 1. The van der Waals surface area contributed by atoms with Crippen LogP contribution in [-0.4, -0.2) is 22.2 Å². The molecule has 0 bridgehead atoms. The number of carbonyl (C=O) groups is 1. The van der Waals surface area contributed by atoms with Gasteiger partial charge in [-0.15, -0.1) is 0 Å². The largest absolute Gasteiger partial charge is 0.353 e. The van der Waals surface area contributed by atoms with Gasteiger partial charge in [-0.05, 0) is 55.4 Å². The molecule has 4 nitrogen and oxygen atoms in total. The molecule has 1 saturated carbocycles. The van der Waals surface area contributed by atoms with E-state index in [0.717, 1.165) is 24.1 Å². The molecule has 1 aromatic heterocycles. The average molecular weight is 357 g/mol. The summed E-state index contributed by atoms with van der Waals surface area (Å²) in [5.74, 6) is -0.259. The quantitative estimate of drug-likeness (QED) is 0.857. The van der Waals surface area contributed by atoms with E-state index in [4.69, 9.17) is 0 Å². The van der Waals surface area contributed by atoms with Crippen LogP contribution in [0.15, 0.2) is 24.3 Å². The van der Waals surface area contributed by atoms with Crippen LogP contribution < -0.4 is 5.32 Å². The summed E-state index contributed by atoms with van der Waals surface area (Å²) in [6, 6.07) is 6.33. The molecule has 1 heterocycles. The summed E-state index contributed by atoms with van der Waals surface area (Å²) in [4.78, 5) is 13.0. The van der Waals surface area contributed by atoms with Gasteiger partial charge in [0.25, 0.3) is 0 Å². The summed E-state index contributed by atoms with van der Waals surface area (Å²) < 4.78 is 15.2. The molecule has 0 radical (unpaired) electrons. The molecule has 26 heavy (non-hydrogen) atoms. The van der Waals surface area contributed by atoms with Gasteiger partial charge in [-0.3, -0.25) is 9.48 Å². The zero-order valence-corrected chi connectivity index (χ0v) is 16.3. The lowest BCUT2D eigenvalue weighted by atomic mass is 9.87. The lowest BCUT2D eigenvalue weighted by Gasteiger charge is -2.21. The molecule has 0 aliphatic heterocycles. The van der Waals surface area contributed by atoms with E-state index >= 15 is 0 Å². The highest BCUT2D eigenvalue weighted by Gasteiger charge is 2.66. The van der Waals surface area contributed by atoms with Gasteiger partial charge >= 0.3 is 0 Å². The van der Waals surface area contributed by atoms with E-state index in [1.807, 2.05) is 11.6 Å². The number of halogens is 1. The number of benzene rings is 1. The number of nitrogens with one attached hydrogen (secondary N) is 1. The average Bonchev–Trinajstić information content (AvgIpc) is 3.07. The second-order valence-electron chi connectivity index (χ2n) is 7.95. The number of hydrogen-bond acceptors (Lipinski definition) is 2. The molecular weight excluding hydrogens is 329 g/mol. The molecule has 0 saturated heterocycles. The number of aryl methyl sites for hydroxylation is 1. The Balaban J connectivity index is 1.70. The summed E-state index contributed by atoms with van der Waals surface area (Å²) in [5, 5.41) is 7.66. The third kappa shape index (κ3) is 2.93. The smallest absolute Gasteiger partial charge is 0.231 e. The van der Waals surface area contributed by atoms with Crippen molar-refractivity contribution in [2.24, 2.45) is 5.41 Å². The molecule has 1 aliphatic carbocycles. The van der Waals surface area contributed by atoms with Crippen molar-refractivity contribution in [1.82, 2.24) is 15.1 Å². The van der Waals surface area contributed by atoms with Crippen molar-refractivity contribution in [2.75, 3.05) is 6.54 Å². The summed E-state index contributed by atoms with van der Waals surface area (Å²) in [6.45, 7) is 11.6. The molecule has 140 valence electrons. The number of carbonyl (C=O) groups excluding carboxylic acids is 1. The molecule has 3 rings (SSSR count). The maximum Gasteiger partial charge on any atom is 0.231 e. The Kier molecular flexibility index (Phi) is 4.67. The molecule has 1 N–H and O–H groups in total. The lowest BCUT2D eigenvalue weighted by Crippen LogP contribution is -2.39. The number of aromatic nitrogens is 2. The van der Waals surface area contributed by atoms with Crippen LogP contribution in [0.25, 0.3) is 0 Å². The van der Waals surface area contributed by atoms with Gasteiger partial charge in [0.2, 0.25) is 5.91 Å². The maximum absolute atomic E-state index is 13.3. The third-order valence-electron chi connectivity index (χ3n) is 5.96. The third-order valence-corrected chi connectivity index (χ3v) is 5.96. The molecule has 1 aliphatic rings. The van der Waals surface area contributed by atoms with E-state index < -0.39 is 5.41 Å². The highest BCUT2D eigenvalue weighted by molar-refractivity contribution is 5.93. The van der Waals surface area contributed by atoms with Gasteiger partial charge in [-0.2, -0.15) is 5.10 Å². The molecule has 1 amide bonds. The zero-order valence-electron chi connectivity index (χ0n) is 16.3. The van der Waals surface area contributed by atoms with Crippen molar-refractivity contribution in [1.29, 1.82) is 0 Å². The first-order valence-electron chi connectivity index (χ1n) is 9.30. The molecule has 0 spiro atoms. The molecule has 1 fully saturated rings. The van der Waals surface area contributed by atoms with Crippen LogP contribution in [-0.2, 0) is 23.2 Å². The van der Waals surface area contributed by atoms with Gasteiger partial charge in [0, 0.05) is 12.2 Å². The first kappa shape index (κ1) is 18.6. The second kappa shape index (κ2) is 6.53. The van der Waals surface area contributed by atoms with E-state index in [0.29, 0.717) is 13.1 Å². The minimum atomic E-state index is -0.565. The van der Waals surface area contributed by atoms with Crippen molar-refractivity contribution in [2.45, 2.75) is 59.4 Å². The minimum Gasteiger partial charge on any atom is -0.353 e. The highest BCUT2D eigenvalue weighted by atomic mass is 19.1. The fraction of sp³-hybridized carbons (Fsp3) is 0.524. The summed E-state index contributed by atoms with van der Waals surface area (Å²) >= 11 is 0. The Bertz CT molecular complexity index is 823. The Morgan fingerprint density at radius 3 is 2.38 bits per heavy atom. The van der Waals surface area contributed by atoms with E-state index in [2.05, 4.69) is 38.1 Å². The normalized spacial score (nSPS) is 20.8. The van der Waals surface area contributed by atoms with Gasteiger partial charge < -0.3 is 5.32 Å². The first-order valence-corrected chi connectivity index (χ1v) is 9.30. The summed E-state index contributed by atoms with van der Waals surface area (Å²) in [5.41, 5.74) is 3.71. The van der Waals surface area contributed by atoms with Crippen molar-refractivity contribution in [3.05, 3.63) is 52.6 Å². The van der Waals surface area contributed by atoms with E-state index in [9.17, 15) is 9.18 Å². The Labute approximate surface area is 154 Å². The minimum absolute atomic E-state index is 0.0198. The Morgan fingerprint density at radius 2 is 1.88 bits per heavy atom. The monoisotopic (exact) mass is 357 g/mol. The highest BCUT2D eigenvalue weighted by Crippen LogP contribution is 2.64. The molecule has 5 heteroatoms. The Morgan fingerprint density at radius 1 is 1.27 bits per heavy atom. The lowest BCUT2D eigenvalue weighted by molar-refractivity contribution is -0.124. The standard InChI is InChI=1S/C21H28FN3O/c1-6-18-14(2)24-25(15(18)3)12-11-23-19(26)21(13-20(21,4)5)16-7-9-17(22)10-8-16/h7-10H,6,11-13H2,1-5H3,(H,23,26). The van der Waals surface area contributed by atoms with Crippen LogP contribution in [0, 0.1) is 25.1 Å². The van der Waals surface area contributed by atoms with Crippen LogP contribution >= 0.6 is 0 Å². The maximum atomic E-state index is 13.3. The van der Waals surface area contributed by atoms with Gasteiger partial charge in [0.1, 0.15) is 5.82 Å². The van der Waals surface area contributed by atoms with Crippen molar-refractivity contribution >= 4 is 5.91 Å². The Hall–Kier alpha value is -2.17. The fourth-order valence-electron chi connectivity index (χ4n) is 4.25. The van der Waals surface area contributed by atoms with Gasteiger partial charge in [-0.1, -0.05) is 32.9 Å². The topological polar surface area (TPSA) is 46.9 Å². The van der Waals surface area contributed by atoms with E-state index in [-0.39, 0.29) is 17.1 Å². The zero-order chi connectivity index (χ0) is 19.1. The first-order chi connectivity index (χ1) is 12.2. The van der Waals surface area contributed by atoms with Gasteiger partial charge in [0.05, 0.1) is 17.7 Å². The SMILES string of the molecule is CCc1c(C)nn(CCNC(=O)C2(c3ccc(F)cc3)CC2(C)C)c1C. The van der Waals surface area contributed by atoms with Gasteiger partial charge in [-0.25, -0.2) is 4.39 Å². The number of nitrogens with zero attached hydrogens (tertiary/aromatic N) is 2. The van der Waals surface area contributed by atoms with Gasteiger partial charge in [0.15, 0.2) is 0 Å². The molecule has 1 aromatic carbocycles. The number of hydrogen-bond donors (Lipinski definition) is 1. The molecule has 2 aromatic rings. The fourth-order valence-corrected chi connectivity index (χ4v) is 4.25. The molecule has 1 unspecified atom stereocenters. The second-order valence-corrected chi connectivity index (χ2v) is 7.95. The van der Waals surface area contributed by atoms with Crippen molar-refractivity contribution in [3.8, 4) is 0 Å². The van der Waals surface area contributed by atoms with E-state index in [1.165, 1.54) is 23.4 Å². The van der Waals surface area contributed by atoms with E-state index in [1.54, 1.807) is 12.1 Å². The van der Waals surface area contributed by atoms with Crippen molar-refractivity contribution in [3.63, 3.8) is 0 Å². The summed E-state index contributed by atoms with van der Waals surface area (Å²) in [7, 11) is 0. The van der Waals surface area contributed by atoms with Crippen molar-refractivity contribution < 1.29 is 9.18 Å². The molecular formula is C21H28FN3O. The predicted octanol–water partition coefficient (Wildman–Crippen LogP) is 3.69. The van der Waals surface area contributed by atoms with Crippen LogP contribution in [0.2, 0.25) is 0 Å². The van der Waals surface area contributed by atoms with Crippen LogP contribution in [0.4, 0.5) is 4.39 Å². The van der Waals surface area contributed by atoms with Crippen LogP contribution in [0.3, 0.4) is 0 Å². The summed E-state index contributed by atoms with van der Waals surface area (Å²) in [6.07, 6.45) is 1.74. The molecule has 1 atom stereocenters. The number of rotatable bonds is 6. The predicted molar refractivity (Wildman–Crippen MR) is 101 cm³/mol.